The van der Waals surface area contributed by atoms with Gasteiger partial charge in [-0.1, -0.05) is 12.1 Å². The first-order valence-electron chi connectivity index (χ1n) is 6.58. The number of hydrogen-bond donors (Lipinski definition) is 2. The number of carbonyl (C=O) groups excluding carboxylic acids is 1. The highest BCUT2D eigenvalue weighted by Gasteiger charge is 2.12. The van der Waals surface area contributed by atoms with Crippen LogP contribution in [0.4, 0.5) is 5.69 Å². The molecule has 3 nitrogen and oxygen atoms in total. The van der Waals surface area contributed by atoms with Crippen molar-refractivity contribution in [1.29, 1.82) is 0 Å². The molecule has 0 bridgehead atoms. The second-order valence-electron chi connectivity index (χ2n) is 5.16. The molecule has 0 unspecified atom stereocenters. The van der Waals surface area contributed by atoms with E-state index in [1.807, 2.05) is 45.9 Å². The summed E-state index contributed by atoms with van der Waals surface area (Å²) in [6, 6.07) is 9.14. The second-order valence-corrected chi connectivity index (χ2v) is 5.16. The van der Waals surface area contributed by atoms with Crippen molar-refractivity contribution in [3.05, 3.63) is 58.1 Å². The van der Waals surface area contributed by atoms with E-state index >= 15 is 0 Å². The van der Waals surface area contributed by atoms with Gasteiger partial charge in [0.2, 0.25) is 0 Å². The van der Waals surface area contributed by atoms with E-state index in [-0.39, 0.29) is 11.7 Å². The number of nitrogens with one attached hydrogen (secondary N) is 1. The lowest BCUT2D eigenvalue weighted by molar-refractivity contribution is 0.102. The first-order valence-corrected chi connectivity index (χ1v) is 6.58. The lowest BCUT2D eigenvalue weighted by atomic mass is 10.0. The van der Waals surface area contributed by atoms with Gasteiger partial charge < -0.3 is 10.4 Å². The third-order valence-electron chi connectivity index (χ3n) is 3.64. The number of amides is 1. The van der Waals surface area contributed by atoms with Crippen LogP contribution >= 0.6 is 0 Å². The Morgan fingerprint density at radius 2 is 1.70 bits per heavy atom. The zero-order valence-electron chi connectivity index (χ0n) is 12.2. The first-order chi connectivity index (χ1) is 9.40. The minimum Gasteiger partial charge on any atom is -0.508 e. The minimum atomic E-state index is -0.126. The molecule has 0 fully saturated rings. The molecule has 3 heteroatoms. The van der Waals surface area contributed by atoms with Gasteiger partial charge in [-0.3, -0.25) is 4.79 Å². The topological polar surface area (TPSA) is 49.3 Å². The van der Waals surface area contributed by atoms with Crippen LogP contribution in [0, 0.1) is 27.7 Å². The molecule has 0 aliphatic heterocycles. The van der Waals surface area contributed by atoms with E-state index in [1.165, 1.54) is 0 Å². The fourth-order valence-corrected chi connectivity index (χ4v) is 2.12. The number of benzene rings is 2. The normalized spacial score (nSPS) is 10.4. The highest BCUT2D eigenvalue weighted by atomic mass is 16.3. The van der Waals surface area contributed by atoms with Crippen molar-refractivity contribution in [2.45, 2.75) is 27.7 Å². The predicted molar refractivity (Wildman–Crippen MR) is 81.5 cm³/mol. The van der Waals surface area contributed by atoms with Crippen molar-refractivity contribution in [2.75, 3.05) is 5.32 Å². The molecule has 2 aromatic carbocycles. The molecule has 104 valence electrons. The Bertz CT molecular complexity index is 675. The summed E-state index contributed by atoms with van der Waals surface area (Å²) in [7, 11) is 0. The van der Waals surface area contributed by atoms with E-state index in [2.05, 4.69) is 5.32 Å². The molecule has 2 rings (SSSR count). The van der Waals surface area contributed by atoms with Crippen molar-refractivity contribution < 1.29 is 9.90 Å². The minimum absolute atomic E-state index is 0.126. The van der Waals surface area contributed by atoms with Gasteiger partial charge in [0.05, 0.1) is 0 Å². The molecule has 0 saturated heterocycles. The summed E-state index contributed by atoms with van der Waals surface area (Å²) < 4.78 is 0. The molecule has 2 aromatic rings. The third-order valence-corrected chi connectivity index (χ3v) is 3.64. The Morgan fingerprint density at radius 3 is 2.40 bits per heavy atom. The van der Waals surface area contributed by atoms with E-state index in [0.29, 0.717) is 5.56 Å². The molecule has 0 saturated carbocycles. The maximum atomic E-state index is 12.4. The Balaban J connectivity index is 2.33. The molecule has 0 spiro atoms. The molecular formula is C17H19NO2. The number of anilines is 1. The fraction of sp³-hybridized carbons (Fsp3) is 0.235. The Kier molecular flexibility index (Phi) is 3.79. The zero-order chi connectivity index (χ0) is 14.9. The molecule has 20 heavy (non-hydrogen) atoms. The SMILES string of the molecule is Cc1cc(NC(=O)c2cccc(C)c2C)c(C)cc1O. The lowest BCUT2D eigenvalue weighted by Crippen LogP contribution is -2.14. The number of phenolic OH excluding ortho intramolecular Hbond substituents is 1. The fourth-order valence-electron chi connectivity index (χ4n) is 2.12. The van der Waals surface area contributed by atoms with E-state index < -0.39 is 0 Å². The molecule has 2 N–H and O–H groups in total. The standard InChI is InChI=1S/C17H19NO2/c1-10-6-5-7-14(13(10)4)17(20)18-15-8-12(3)16(19)9-11(15)2/h5-9,19H,1-4H3,(H,18,20). The Labute approximate surface area is 119 Å². The van der Waals surface area contributed by atoms with Crippen molar-refractivity contribution in [3.8, 4) is 5.75 Å². The highest BCUT2D eigenvalue weighted by Crippen LogP contribution is 2.25. The van der Waals surface area contributed by atoms with Crippen LogP contribution < -0.4 is 5.32 Å². The third kappa shape index (κ3) is 2.67. The van der Waals surface area contributed by atoms with Gasteiger partial charge in [-0.05, 0) is 68.1 Å². The van der Waals surface area contributed by atoms with Crippen molar-refractivity contribution in [3.63, 3.8) is 0 Å². The maximum absolute atomic E-state index is 12.4. The Hall–Kier alpha value is -2.29. The number of rotatable bonds is 2. The molecule has 0 aliphatic rings. The lowest BCUT2D eigenvalue weighted by Gasteiger charge is -2.12. The molecular weight excluding hydrogens is 250 g/mol. The van der Waals surface area contributed by atoms with Gasteiger partial charge in [0.25, 0.3) is 5.91 Å². The molecule has 0 heterocycles. The van der Waals surface area contributed by atoms with Gasteiger partial charge in [0.1, 0.15) is 5.75 Å². The van der Waals surface area contributed by atoms with E-state index in [0.717, 1.165) is 27.9 Å². The number of aryl methyl sites for hydroxylation is 3. The van der Waals surface area contributed by atoms with Gasteiger partial charge in [0.15, 0.2) is 0 Å². The predicted octanol–water partition coefficient (Wildman–Crippen LogP) is 3.88. The number of phenols is 1. The number of carbonyl (C=O) groups is 1. The maximum Gasteiger partial charge on any atom is 0.255 e. The molecule has 0 atom stereocenters. The van der Waals surface area contributed by atoms with Crippen LogP contribution in [0.5, 0.6) is 5.75 Å². The molecule has 0 aliphatic carbocycles. The van der Waals surface area contributed by atoms with Crippen LogP contribution in [0.15, 0.2) is 30.3 Å². The molecule has 0 radical (unpaired) electrons. The van der Waals surface area contributed by atoms with E-state index in [1.54, 1.807) is 12.1 Å². The van der Waals surface area contributed by atoms with Crippen LogP contribution in [-0.2, 0) is 0 Å². The summed E-state index contributed by atoms with van der Waals surface area (Å²) in [5.41, 5.74) is 5.06. The van der Waals surface area contributed by atoms with Gasteiger partial charge in [-0.15, -0.1) is 0 Å². The van der Waals surface area contributed by atoms with Gasteiger partial charge in [-0.25, -0.2) is 0 Å². The number of hydrogen-bond acceptors (Lipinski definition) is 2. The van der Waals surface area contributed by atoms with Gasteiger partial charge >= 0.3 is 0 Å². The first kappa shape index (κ1) is 14.1. The second kappa shape index (κ2) is 5.37. The summed E-state index contributed by atoms with van der Waals surface area (Å²) in [5.74, 6) is 0.117. The van der Waals surface area contributed by atoms with Gasteiger partial charge in [-0.2, -0.15) is 0 Å². The Morgan fingerprint density at radius 1 is 1.00 bits per heavy atom. The summed E-state index contributed by atoms with van der Waals surface area (Å²) in [6.07, 6.45) is 0. The largest absolute Gasteiger partial charge is 0.508 e. The van der Waals surface area contributed by atoms with Crippen molar-refractivity contribution >= 4 is 11.6 Å². The smallest absolute Gasteiger partial charge is 0.255 e. The quantitative estimate of drug-likeness (QED) is 0.813. The van der Waals surface area contributed by atoms with Crippen LogP contribution in [0.3, 0.4) is 0 Å². The average Bonchev–Trinajstić information content (AvgIpc) is 2.39. The molecule has 0 aromatic heterocycles. The van der Waals surface area contributed by atoms with Crippen LogP contribution in [0.25, 0.3) is 0 Å². The van der Waals surface area contributed by atoms with Crippen LogP contribution in [-0.4, -0.2) is 11.0 Å². The summed E-state index contributed by atoms with van der Waals surface area (Å²) >= 11 is 0. The summed E-state index contributed by atoms with van der Waals surface area (Å²) in [5, 5.41) is 12.6. The van der Waals surface area contributed by atoms with Crippen LogP contribution in [0.2, 0.25) is 0 Å². The van der Waals surface area contributed by atoms with Crippen molar-refractivity contribution in [1.82, 2.24) is 0 Å². The van der Waals surface area contributed by atoms with Gasteiger partial charge in [0, 0.05) is 11.3 Å². The molecule has 1 amide bonds. The number of aromatic hydroxyl groups is 1. The summed E-state index contributed by atoms with van der Waals surface area (Å²) in [6.45, 7) is 7.60. The van der Waals surface area contributed by atoms with E-state index in [9.17, 15) is 9.90 Å². The average molecular weight is 269 g/mol. The zero-order valence-corrected chi connectivity index (χ0v) is 12.2. The van der Waals surface area contributed by atoms with Crippen LogP contribution in [0.1, 0.15) is 32.6 Å². The summed E-state index contributed by atoms with van der Waals surface area (Å²) in [4.78, 5) is 12.4. The highest BCUT2D eigenvalue weighted by molar-refractivity contribution is 6.05. The monoisotopic (exact) mass is 269 g/mol. The van der Waals surface area contributed by atoms with E-state index in [4.69, 9.17) is 0 Å². The van der Waals surface area contributed by atoms with Crippen molar-refractivity contribution in [2.24, 2.45) is 0 Å².